The van der Waals surface area contributed by atoms with E-state index in [9.17, 15) is 14.7 Å². The minimum absolute atomic E-state index is 0.111. The molecule has 5 nitrogen and oxygen atoms in total. The number of aliphatic hydroxyl groups is 1. The van der Waals surface area contributed by atoms with Gasteiger partial charge in [-0.1, -0.05) is 74.0 Å². The van der Waals surface area contributed by atoms with Crippen LogP contribution in [0.2, 0.25) is 0 Å². The van der Waals surface area contributed by atoms with Crippen molar-refractivity contribution in [1.82, 2.24) is 9.88 Å². The molecule has 2 aromatic carbocycles. The van der Waals surface area contributed by atoms with E-state index in [1.54, 1.807) is 30.6 Å². The number of amides is 1. The lowest BCUT2D eigenvalue weighted by atomic mass is 9.93. The quantitative estimate of drug-likeness (QED) is 0.349. The van der Waals surface area contributed by atoms with Gasteiger partial charge in [0.05, 0.1) is 11.6 Å². The molecule has 4 rings (SSSR count). The van der Waals surface area contributed by atoms with Crippen molar-refractivity contribution in [2.45, 2.75) is 39.3 Å². The molecule has 1 atom stereocenters. The first-order valence-electron chi connectivity index (χ1n) is 10.7. The van der Waals surface area contributed by atoms with Crippen molar-refractivity contribution in [3.05, 3.63) is 106 Å². The van der Waals surface area contributed by atoms with Crippen molar-refractivity contribution >= 4 is 17.4 Å². The molecule has 5 heteroatoms. The van der Waals surface area contributed by atoms with E-state index in [0.29, 0.717) is 11.5 Å². The third kappa shape index (κ3) is 4.06. The maximum atomic E-state index is 13.1. The molecule has 1 saturated heterocycles. The zero-order chi connectivity index (χ0) is 22.8. The number of Topliss-reactive ketones (excluding diaryl/α,β-unsaturated/α-hetero) is 1. The van der Waals surface area contributed by atoms with Gasteiger partial charge in [0, 0.05) is 24.5 Å². The highest BCUT2D eigenvalue weighted by molar-refractivity contribution is 6.46. The highest BCUT2D eigenvalue weighted by Crippen LogP contribution is 2.40. The molecular formula is C27H26N2O3. The predicted octanol–water partition coefficient (Wildman–Crippen LogP) is 5.14. The minimum atomic E-state index is -0.683. The first kappa shape index (κ1) is 21.5. The van der Waals surface area contributed by atoms with Gasteiger partial charge in [0.2, 0.25) is 0 Å². The van der Waals surface area contributed by atoms with Crippen molar-refractivity contribution in [3.63, 3.8) is 0 Å². The largest absolute Gasteiger partial charge is 0.507 e. The topological polar surface area (TPSA) is 70.5 Å². The number of carbonyl (C=O) groups excluding carboxylic acids is 2. The number of benzene rings is 2. The molecule has 0 spiro atoms. The highest BCUT2D eigenvalue weighted by Gasteiger charge is 2.46. The number of ketones is 1. The molecule has 1 aliphatic heterocycles. The molecule has 1 fully saturated rings. The monoisotopic (exact) mass is 426 g/mol. The molecular weight excluding hydrogens is 400 g/mol. The smallest absolute Gasteiger partial charge is 0.295 e. The van der Waals surface area contributed by atoms with Crippen molar-refractivity contribution in [2.75, 3.05) is 0 Å². The van der Waals surface area contributed by atoms with Crippen LogP contribution in [0.15, 0.2) is 78.6 Å². The minimum Gasteiger partial charge on any atom is -0.507 e. The molecule has 1 N–H and O–H groups in total. The van der Waals surface area contributed by atoms with E-state index in [0.717, 1.165) is 22.3 Å². The van der Waals surface area contributed by atoms with E-state index >= 15 is 0 Å². The summed E-state index contributed by atoms with van der Waals surface area (Å²) >= 11 is 0. The van der Waals surface area contributed by atoms with E-state index in [4.69, 9.17) is 0 Å². The number of pyridine rings is 1. The molecule has 0 aliphatic carbocycles. The second-order valence-corrected chi connectivity index (χ2v) is 8.48. The Bertz CT molecular complexity index is 1160. The molecule has 162 valence electrons. The van der Waals surface area contributed by atoms with Gasteiger partial charge in [0.1, 0.15) is 5.76 Å². The number of aryl methyl sites for hydroxylation is 1. The Kier molecular flexibility index (Phi) is 5.91. The third-order valence-corrected chi connectivity index (χ3v) is 5.86. The second kappa shape index (κ2) is 8.79. The number of rotatable bonds is 5. The Labute approximate surface area is 188 Å². The summed E-state index contributed by atoms with van der Waals surface area (Å²) in [5.41, 5.74) is 4.43. The SMILES string of the molecule is Cc1ccc(/C(O)=C2/C(=O)C(=O)N(Cc3cccnc3)C2c2ccc(C(C)C)cc2)cc1. The molecule has 3 aromatic rings. The fraction of sp³-hybridized carbons (Fsp3) is 0.222. The molecule has 2 heterocycles. The highest BCUT2D eigenvalue weighted by atomic mass is 16.3. The zero-order valence-corrected chi connectivity index (χ0v) is 18.4. The van der Waals surface area contributed by atoms with Gasteiger partial charge in [-0.3, -0.25) is 14.6 Å². The molecule has 1 amide bonds. The second-order valence-electron chi connectivity index (χ2n) is 8.48. The molecule has 0 bridgehead atoms. The summed E-state index contributed by atoms with van der Waals surface area (Å²) in [6, 6.07) is 18.1. The van der Waals surface area contributed by atoms with E-state index in [1.807, 2.05) is 49.4 Å². The number of hydrogen-bond donors (Lipinski definition) is 1. The number of carbonyl (C=O) groups is 2. The van der Waals surface area contributed by atoms with Gasteiger partial charge in [-0.25, -0.2) is 0 Å². The molecule has 1 aromatic heterocycles. The van der Waals surface area contributed by atoms with Crippen LogP contribution in [0, 0.1) is 6.92 Å². The lowest BCUT2D eigenvalue weighted by Gasteiger charge is -2.25. The van der Waals surface area contributed by atoms with Gasteiger partial charge in [-0.05, 0) is 35.6 Å². The average molecular weight is 427 g/mol. The van der Waals surface area contributed by atoms with Crippen LogP contribution in [0.1, 0.15) is 53.6 Å². The molecule has 0 radical (unpaired) electrons. The first-order valence-corrected chi connectivity index (χ1v) is 10.7. The van der Waals surface area contributed by atoms with Gasteiger partial charge in [-0.15, -0.1) is 0 Å². The van der Waals surface area contributed by atoms with E-state index in [-0.39, 0.29) is 17.9 Å². The summed E-state index contributed by atoms with van der Waals surface area (Å²) in [5, 5.41) is 11.1. The lowest BCUT2D eigenvalue weighted by molar-refractivity contribution is -0.140. The summed E-state index contributed by atoms with van der Waals surface area (Å²) in [5.74, 6) is -1.10. The molecule has 1 unspecified atom stereocenters. The predicted molar refractivity (Wildman–Crippen MR) is 124 cm³/mol. The summed E-state index contributed by atoms with van der Waals surface area (Å²) in [6.07, 6.45) is 3.34. The fourth-order valence-electron chi connectivity index (χ4n) is 4.01. The van der Waals surface area contributed by atoms with Crippen molar-refractivity contribution in [3.8, 4) is 0 Å². The van der Waals surface area contributed by atoms with Crippen LogP contribution in [-0.2, 0) is 16.1 Å². The van der Waals surface area contributed by atoms with Crippen molar-refractivity contribution in [2.24, 2.45) is 0 Å². The molecule has 32 heavy (non-hydrogen) atoms. The lowest BCUT2D eigenvalue weighted by Crippen LogP contribution is -2.29. The Morgan fingerprint density at radius 3 is 2.31 bits per heavy atom. The zero-order valence-electron chi connectivity index (χ0n) is 18.4. The van der Waals surface area contributed by atoms with Crippen LogP contribution < -0.4 is 0 Å². The van der Waals surface area contributed by atoms with Crippen LogP contribution in [0.4, 0.5) is 0 Å². The first-order chi connectivity index (χ1) is 15.4. The van der Waals surface area contributed by atoms with Crippen LogP contribution in [-0.4, -0.2) is 26.7 Å². The maximum Gasteiger partial charge on any atom is 0.295 e. The number of aliphatic hydroxyl groups excluding tert-OH is 1. The van der Waals surface area contributed by atoms with Crippen molar-refractivity contribution < 1.29 is 14.7 Å². The number of nitrogens with zero attached hydrogens (tertiary/aromatic N) is 2. The Morgan fingerprint density at radius 1 is 1.03 bits per heavy atom. The van der Waals surface area contributed by atoms with Crippen molar-refractivity contribution in [1.29, 1.82) is 0 Å². The normalized spacial score (nSPS) is 17.9. The van der Waals surface area contributed by atoms with Gasteiger partial charge < -0.3 is 10.0 Å². The van der Waals surface area contributed by atoms with Crippen LogP contribution >= 0.6 is 0 Å². The molecule has 0 saturated carbocycles. The standard InChI is InChI=1S/C27H26N2O3/c1-17(2)20-10-12-21(13-11-20)24-23(25(30)22-8-6-18(3)7-9-22)26(31)27(32)29(24)16-19-5-4-14-28-15-19/h4-15,17,24,30H,16H2,1-3H3/b25-23-. The van der Waals surface area contributed by atoms with E-state index in [1.165, 1.54) is 4.90 Å². The fourth-order valence-corrected chi connectivity index (χ4v) is 4.01. The Hall–Kier alpha value is -3.73. The number of aromatic nitrogens is 1. The van der Waals surface area contributed by atoms with Gasteiger partial charge in [0.25, 0.3) is 11.7 Å². The summed E-state index contributed by atoms with van der Waals surface area (Å²) in [4.78, 5) is 31.8. The van der Waals surface area contributed by atoms with E-state index in [2.05, 4.69) is 18.8 Å². The summed E-state index contributed by atoms with van der Waals surface area (Å²) in [6.45, 7) is 6.40. The number of likely N-dealkylation sites (tertiary alicyclic amines) is 1. The average Bonchev–Trinajstić information content (AvgIpc) is 3.05. The van der Waals surface area contributed by atoms with Gasteiger partial charge in [-0.2, -0.15) is 0 Å². The third-order valence-electron chi connectivity index (χ3n) is 5.86. The van der Waals surface area contributed by atoms with Gasteiger partial charge >= 0.3 is 0 Å². The summed E-state index contributed by atoms with van der Waals surface area (Å²) in [7, 11) is 0. The van der Waals surface area contributed by atoms with Crippen LogP contribution in [0.5, 0.6) is 0 Å². The van der Waals surface area contributed by atoms with Gasteiger partial charge in [0.15, 0.2) is 0 Å². The summed E-state index contributed by atoms with van der Waals surface area (Å²) < 4.78 is 0. The van der Waals surface area contributed by atoms with Crippen LogP contribution in [0.3, 0.4) is 0 Å². The number of hydrogen-bond acceptors (Lipinski definition) is 4. The van der Waals surface area contributed by atoms with E-state index < -0.39 is 17.7 Å². The Balaban J connectivity index is 1.84. The maximum absolute atomic E-state index is 13.1. The molecule has 1 aliphatic rings. The Morgan fingerprint density at radius 2 is 1.72 bits per heavy atom. The van der Waals surface area contributed by atoms with Crippen LogP contribution in [0.25, 0.3) is 5.76 Å².